The molecule has 0 spiro atoms. The van der Waals surface area contributed by atoms with Crippen LogP contribution >= 0.6 is 11.8 Å². The van der Waals surface area contributed by atoms with Gasteiger partial charge >= 0.3 is 0 Å². The van der Waals surface area contributed by atoms with Crippen LogP contribution in [-0.4, -0.2) is 36.3 Å². The van der Waals surface area contributed by atoms with E-state index in [1.165, 1.54) is 0 Å². The molecule has 1 saturated heterocycles. The number of rotatable bonds is 4. The second-order valence-corrected chi connectivity index (χ2v) is 9.49. The van der Waals surface area contributed by atoms with E-state index in [-0.39, 0.29) is 10.5 Å². The lowest BCUT2D eigenvalue weighted by atomic mass is 10.1. The van der Waals surface area contributed by atoms with Crippen LogP contribution in [0.2, 0.25) is 0 Å². The number of benzene rings is 1. The zero-order valence-corrected chi connectivity index (χ0v) is 13.6. The molecule has 1 aliphatic heterocycles. The molecule has 0 radical (unpaired) electrons. The first-order chi connectivity index (χ1) is 9.32. The monoisotopic (exact) mass is 314 g/mol. The number of nitrogens with two attached hydrogens (primary N) is 1. The zero-order valence-electron chi connectivity index (χ0n) is 12.0. The zero-order chi connectivity index (χ0) is 14.8. The SMILES string of the molecule is CC1(C)CN(S(=O)(=O)Cc2cccc(CN)c2)CCS1. The van der Waals surface area contributed by atoms with Crippen molar-refractivity contribution in [2.45, 2.75) is 30.9 Å². The second-order valence-electron chi connectivity index (χ2n) is 5.72. The van der Waals surface area contributed by atoms with Gasteiger partial charge in [-0.15, -0.1) is 0 Å². The van der Waals surface area contributed by atoms with E-state index < -0.39 is 10.0 Å². The van der Waals surface area contributed by atoms with Crippen LogP contribution in [0.15, 0.2) is 24.3 Å². The summed E-state index contributed by atoms with van der Waals surface area (Å²) in [5.74, 6) is 0.913. The molecule has 1 aromatic carbocycles. The van der Waals surface area contributed by atoms with Gasteiger partial charge in [-0.1, -0.05) is 24.3 Å². The predicted octanol–water partition coefficient (Wildman–Crippen LogP) is 1.80. The fourth-order valence-corrected chi connectivity index (χ4v) is 5.34. The number of thioether (sulfide) groups is 1. The Morgan fingerprint density at radius 1 is 1.35 bits per heavy atom. The minimum Gasteiger partial charge on any atom is -0.326 e. The van der Waals surface area contributed by atoms with Gasteiger partial charge in [-0.25, -0.2) is 8.42 Å². The van der Waals surface area contributed by atoms with Gasteiger partial charge in [0, 0.05) is 30.1 Å². The van der Waals surface area contributed by atoms with Gasteiger partial charge in [0.2, 0.25) is 10.0 Å². The Hall–Kier alpha value is -0.560. The highest BCUT2D eigenvalue weighted by molar-refractivity contribution is 8.00. The van der Waals surface area contributed by atoms with Crippen LogP contribution in [-0.2, 0) is 22.3 Å². The molecule has 6 heteroatoms. The molecular weight excluding hydrogens is 292 g/mol. The van der Waals surface area contributed by atoms with Gasteiger partial charge in [0.15, 0.2) is 0 Å². The van der Waals surface area contributed by atoms with Gasteiger partial charge in [0.05, 0.1) is 5.75 Å². The third kappa shape index (κ3) is 3.97. The third-order valence-electron chi connectivity index (χ3n) is 3.36. The highest BCUT2D eigenvalue weighted by atomic mass is 32.2. The molecular formula is C14H22N2O2S2. The van der Waals surface area contributed by atoms with E-state index in [4.69, 9.17) is 5.73 Å². The summed E-state index contributed by atoms with van der Waals surface area (Å²) in [6, 6.07) is 7.50. The third-order valence-corrected chi connectivity index (χ3v) is 6.45. The highest BCUT2D eigenvalue weighted by Gasteiger charge is 2.33. The van der Waals surface area contributed by atoms with Crippen molar-refractivity contribution in [1.82, 2.24) is 4.31 Å². The molecule has 0 aromatic heterocycles. The summed E-state index contributed by atoms with van der Waals surface area (Å²) in [6.07, 6.45) is 0. The average Bonchev–Trinajstić information content (AvgIpc) is 2.37. The minimum atomic E-state index is -3.25. The van der Waals surface area contributed by atoms with Crippen LogP contribution in [0.1, 0.15) is 25.0 Å². The fraction of sp³-hybridized carbons (Fsp3) is 0.571. The fourth-order valence-electron chi connectivity index (χ4n) is 2.36. The molecule has 4 nitrogen and oxygen atoms in total. The van der Waals surface area contributed by atoms with E-state index in [2.05, 4.69) is 13.8 Å². The van der Waals surface area contributed by atoms with Crippen molar-refractivity contribution in [3.05, 3.63) is 35.4 Å². The largest absolute Gasteiger partial charge is 0.326 e. The molecule has 1 aromatic rings. The maximum atomic E-state index is 12.5. The van der Waals surface area contributed by atoms with E-state index in [0.29, 0.717) is 19.6 Å². The normalized spacial score (nSPS) is 19.9. The first kappa shape index (κ1) is 15.8. The summed E-state index contributed by atoms with van der Waals surface area (Å²) in [5, 5.41) is 0. The van der Waals surface area contributed by atoms with Crippen molar-refractivity contribution in [3.8, 4) is 0 Å². The number of hydrogen-bond acceptors (Lipinski definition) is 4. The molecule has 0 unspecified atom stereocenters. The summed E-state index contributed by atoms with van der Waals surface area (Å²) in [7, 11) is -3.25. The van der Waals surface area contributed by atoms with Gasteiger partial charge in [-0.3, -0.25) is 0 Å². The first-order valence-electron chi connectivity index (χ1n) is 6.72. The minimum absolute atomic E-state index is 0.00950. The Bertz CT molecular complexity index is 570. The van der Waals surface area contributed by atoms with Crippen LogP contribution in [0.5, 0.6) is 0 Å². The number of sulfonamides is 1. The van der Waals surface area contributed by atoms with E-state index in [1.54, 1.807) is 4.31 Å². The van der Waals surface area contributed by atoms with E-state index in [9.17, 15) is 8.42 Å². The Labute approximate surface area is 125 Å². The molecule has 20 heavy (non-hydrogen) atoms. The number of nitrogens with zero attached hydrogens (tertiary/aromatic N) is 1. The first-order valence-corrected chi connectivity index (χ1v) is 9.31. The van der Waals surface area contributed by atoms with E-state index in [1.807, 2.05) is 36.0 Å². The van der Waals surface area contributed by atoms with Crippen LogP contribution < -0.4 is 5.73 Å². The van der Waals surface area contributed by atoms with Crippen molar-refractivity contribution >= 4 is 21.8 Å². The molecule has 0 aliphatic carbocycles. The standard InChI is InChI=1S/C14H22N2O2S2/c1-14(2)11-16(6-7-19-14)20(17,18)10-13-5-3-4-12(8-13)9-15/h3-5,8H,6-7,9-11,15H2,1-2H3. The predicted molar refractivity (Wildman–Crippen MR) is 85.1 cm³/mol. The Morgan fingerprint density at radius 2 is 2.05 bits per heavy atom. The molecule has 0 atom stereocenters. The molecule has 2 rings (SSSR count). The van der Waals surface area contributed by atoms with E-state index in [0.717, 1.165) is 16.9 Å². The number of hydrogen-bond donors (Lipinski definition) is 1. The molecule has 1 fully saturated rings. The van der Waals surface area contributed by atoms with Gasteiger partial charge < -0.3 is 5.73 Å². The summed E-state index contributed by atoms with van der Waals surface area (Å²) < 4.78 is 26.7. The Morgan fingerprint density at radius 3 is 2.70 bits per heavy atom. The van der Waals surface area contributed by atoms with Gasteiger partial charge in [0.1, 0.15) is 0 Å². The van der Waals surface area contributed by atoms with Gasteiger partial charge in [-0.05, 0) is 25.0 Å². The summed E-state index contributed by atoms with van der Waals surface area (Å²) in [6.45, 7) is 5.80. The molecule has 2 N–H and O–H groups in total. The smallest absolute Gasteiger partial charge is 0.218 e. The topological polar surface area (TPSA) is 63.4 Å². The lowest BCUT2D eigenvalue weighted by Crippen LogP contribution is -2.46. The molecule has 0 saturated carbocycles. The van der Waals surface area contributed by atoms with Crippen LogP contribution in [0.25, 0.3) is 0 Å². The summed E-state index contributed by atoms with van der Waals surface area (Å²) in [5.41, 5.74) is 7.37. The second kappa shape index (κ2) is 6.05. The maximum Gasteiger partial charge on any atom is 0.218 e. The molecule has 0 amide bonds. The molecule has 0 bridgehead atoms. The highest BCUT2D eigenvalue weighted by Crippen LogP contribution is 2.31. The van der Waals surface area contributed by atoms with Crippen molar-refractivity contribution in [3.63, 3.8) is 0 Å². The summed E-state index contributed by atoms with van der Waals surface area (Å²) >= 11 is 1.83. The molecule has 1 heterocycles. The lowest BCUT2D eigenvalue weighted by molar-refractivity contribution is 0.387. The van der Waals surface area contributed by atoms with Crippen LogP contribution in [0, 0.1) is 0 Å². The Kier molecular flexibility index (Phi) is 4.79. The lowest BCUT2D eigenvalue weighted by Gasteiger charge is -2.36. The summed E-state index contributed by atoms with van der Waals surface area (Å²) in [4.78, 5) is 0. The quantitative estimate of drug-likeness (QED) is 0.920. The van der Waals surface area contributed by atoms with E-state index >= 15 is 0 Å². The van der Waals surface area contributed by atoms with Crippen molar-refractivity contribution in [2.75, 3.05) is 18.8 Å². The average molecular weight is 314 g/mol. The molecule has 1 aliphatic rings. The van der Waals surface area contributed by atoms with Gasteiger partial charge in [0.25, 0.3) is 0 Å². The molecule has 112 valence electrons. The van der Waals surface area contributed by atoms with Crippen molar-refractivity contribution in [1.29, 1.82) is 0 Å². The Balaban J connectivity index is 2.14. The van der Waals surface area contributed by atoms with Crippen LogP contribution in [0.3, 0.4) is 0 Å². The van der Waals surface area contributed by atoms with Crippen molar-refractivity contribution in [2.24, 2.45) is 5.73 Å². The van der Waals surface area contributed by atoms with Gasteiger partial charge in [-0.2, -0.15) is 16.1 Å². The maximum absolute atomic E-state index is 12.5. The van der Waals surface area contributed by atoms with Crippen molar-refractivity contribution < 1.29 is 8.42 Å². The van der Waals surface area contributed by atoms with Crippen LogP contribution in [0.4, 0.5) is 0 Å².